The van der Waals surface area contributed by atoms with Gasteiger partial charge in [-0.3, -0.25) is 4.90 Å². The molecular formula is C22H28N2O. The van der Waals surface area contributed by atoms with Gasteiger partial charge in [0.2, 0.25) is 5.88 Å². The van der Waals surface area contributed by atoms with Gasteiger partial charge in [0.15, 0.2) is 0 Å². The van der Waals surface area contributed by atoms with Crippen LogP contribution in [-0.2, 0) is 6.54 Å². The van der Waals surface area contributed by atoms with E-state index in [9.17, 15) is 0 Å². The lowest BCUT2D eigenvalue weighted by atomic mass is 9.94. The molecule has 1 aromatic heterocycles. The highest BCUT2D eigenvalue weighted by Gasteiger charge is 2.18. The van der Waals surface area contributed by atoms with Crippen LogP contribution in [0, 0.1) is 19.8 Å². The first-order valence-corrected chi connectivity index (χ1v) is 9.11. The molecule has 0 unspecified atom stereocenters. The number of hydrogen-bond donors (Lipinski definition) is 0. The Morgan fingerprint density at radius 1 is 1.20 bits per heavy atom. The highest BCUT2D eigenvalue weighted by atomic mass is 16.5. The standard InChI is InChI=1S/C22H28N2O/c1-17-6-7-18(2)20(15-17)9-8-19-10-13-24(14-11-19)16-21-5-4-12-23-22(21)25-3/h4-9,12,15,19H,10-11,13-14,16H2,1-3H3/b9-8+. The van der Waals surface area contributed by atoms with Crippen molar-refractivity contribution in [2.75, 3.05) is 20.2 Å². The summed E-state index contributed by atoms with van der Waals surface area (Å²) >= 11 is 0. The molecule has 25 heavy (non-hydrogen) atoms. The van der Waals surface area contributed by atoms with Crippen molar-refractivity contribution in [1.29, 1.82) is 0 Å². The van der Waals surface area contributed by atoms with Gasteiger partial charge in [-0.1, -0.05) is 42.0 Å². The average molecular weight is 336 g/mol. The van der Waals surface area contributed by atoms with Crippen LogP contribution < -0.4 is 4.74 Å². The second-order valence-electron chi connectivity index (χ2n) is 7.00. The van der Waals surface area contributed by atoms with Gasteiger partial charge in [-0.15, -0.1) is 0 Å². The van der Waals surface area contributed by atoms with E-state index in [0.29, 0.717) is 5.92 Å². The second-order valence-corrected chi connectivity index (χ2v) is 7.00. The Labute approximate surface area is 151 Å². The first-order valence-electron chi connectivity index (χ1n) is 9.11. The van der Waals surface area contributed by atoms with Crippen LogP contribution in [0.25, 0.3) is 6.08 Å². The Hall–Kier alpha value is -2.13. The minimum absolute atomic E-state index is 0.673. The zero-order chi connectivity index (χ0) is 17.6. The molecule has 3 heteroatoms. The molecule has 0 bridgehead atoms. The zero-order valence-electron chi connectivity index (χ0n) is 15.5. The van der Waals surface area contributed by atoms with E-state index in [1.54, 1.807) is 13.3 Å². The quantitative estimate of drug-likeness (QED) is 0.796. The van der Waals surface area contributed by atoms with E-state index in [1.807, 2.05) is 6.07 Å². The summed E-state index contributed by atoms with van der Waals surface area (Å²) < 4.78 is 5.37. The molecule has 1 aliphatic rings. The van der Waals surface area contributed by atoms with Gasteiger partial charge in [-0.05, 0) is 62.9 Å². The SMILES string of the molecule is COc1ncccc1CN1CCC(/C=C/c2cc(C)ccc2C)CC1. The topological polar surface area (TPSA) is 25.4 Å². The third-order valence-corrected chi connectivity index (χ3v) is 5.05. The molecule has 3 rings (SSSR count). The number of ether oxygens (including phenoxy) is 1. The van der Waals surface area contributed by atoms with E-state index >= 15 is 0 Å². The third kappa shape index (κ3) is 4.70. The van der Waals surface area contributed by atoms with Crippen molar-refractivity contribution in [3.05, 3.63) is 64.9 Å². The fourth-order valence-corrected chi connectivity index (χ4v) is 3.45. The number of nitrogens with zero attached hydrogens (tertiary/aromatic N) is 2. The van der Waals surface area contributed by atoms with Crippen molar-refractivity contribution < 1.29 is 4.74 Å². The number of methoxy groups -OCH3 is 1. The number of rotatable bonds is 5. The summed E-state index contributed by atoms with van der Waals surface area (Å²) in [4.78, 5) is 6.80. The Bertz CT molecular complexity index is 731. The van der Waals surface area contributed by atoms with Crippen molar-refractivity contribution in [3.63, 3.8) is 0 Å². The number of hydrogen-bond acceptors (Lipinski definition) is 3. The molecule has 0 amide bonds. The third-order valence-electron chi connectivity index (χ3n) is 5.05. The second kappa shape index (κ2) is 8.30. The van der Waals surface area contributed by atoms with Gasteiger partial charge in [0.1, 0.15) is 0 Å². The lowest BCUT2D eigenvalue weighted by Crippen LogP contribution is -2.32. The molecule has 0 spiro atoms. The molecule has 0 aliphatic carbocycles. The maximum absolute atomic E-state index is 5.37. The maximum Gasteiger partial charge on any atom is 0.217 e. The highest BCUT2D eigenvalue weighted by Crippen LogP contribution is 2.24. The summed E-state index contributed by atoms with van der Waals surface area (Å²) in [5.41, 5.74) is 5.20. The monoisotopic (exact) mass is 336 g/mol. The van der Waals surface area contributed by atoms with E-state index in [0.717, 1.165) is 25.5 Å². The number of aromatic nitrogens is 1. The molecule has 132 valence electrons. The highest BCUT2D eigenvalue weighted by molar-refractivity contribution is 5.54. The molecule has 2 heterocycles. The first kappa shape index (κ1) is 17.7. The number of piperidine rings is 1. The molecule has 1 fully saturated rings. The molecule has 0 atom stereocenters. The Kier molecular flexibility index (Phi) is 5.87. The van der Waals surface area contributed by atoms with Gasteiger partial charge < -0.3 is 4.74 Å². The van der Waals surface area contributed by atoms with Crippen LogP contribution in [0.2, 0.25) is 0 Å². The van der Waals surface area contributed by atoms with Crippen LogP contribution >= 0.6 is 0 Å². The zero-order valence-corrected chi connectivity index (χ0v) is 15.5. The van der Waals surface area contributed by atoms with E-state index in [1.165, 1.54) is 35.1 Å². The molecule has 1 aliphatic heterocycles. The van der Waals surface area contributed by atoms with Gasteiger partial charge in [-0.2, -0.15) is 0 Å². The summed E-state index contributed by atoms with van der Waals surface area (Å²) in [5, 5.41) is 0. The van der Waals surface area contributed by atoms with Crippen LogP contribution in [0.1, 0.15) is 35.1 Å². The van der Waals surface area contributed by atoms with Gasteiger partial charge in [0.25, 0.3) is 0 Å². The minimum Gasteiger partial charge on any atom is -0.481 e. The lowest BCUT2D eigenvalue weighted by molar-refractivity contribution is 0.193. The summed E-state index contributed by atoms with van der Waals surface area (Å²) in [6, 6.07) is 10.8. The van der Waals surface area contributed by atoms with Crippen molar-refractivity contribution in [1.82, 2.24) is 9.88 Å². The molecule has 1 aromatic carbocycles. The van der Waals surface area contributed by atoms with Crippen LogP contribution in [0.5, 0.6) is 5.88 Å². The minimum atomic E-state index is 0.673. The summed E-state index contributed by atoms with van der Waals surface area (Å²) in [6.07, 6.45) is 8.93. The largest absolute Gasteiger partial charge is 0.481 e. The van der Waals surface area contributed by atoms with E-state index in [4.69, 9.17) is 4.74 Å². The molecular weight excluding hydrogens is 308 g/mol. The normalized spacial score (nSPS) is 16.4. The Morgan fingerprint density at radius 2 is 2.00 bits per heavy atom. The Balaban J connectivity index is 1.55. The van der Waals surface area contributed by atoms with Gasteiger partial charge >= 0.3 is 0 Å². The van der Waals surface area contributed by atoms with E-state index in [-0.39, 0.29) is 0 Å². The Morgan fingerprint density at radius 3 is 2.76 bits per heavy atom. The maximum atomic E-state index is 5.37. The summed E-state index contributed by atoms with van der Waals surface area (Å²) in [5.74, 6) is 1.42. The molecule has 0 radical (unpaired) electrons. The van der Waals surface area contributed by atoms with Gasteiger partial charge in [0.05, 0.1) is 7.11 Å². The molecule has 0 N–H and O–H groups in total. The fraction of sp³-hybridized carbons (Fsp3) is 0.409. The van der Waals surface area contributed by atoms with E-state index < -0.39 is 0 Å². The summed E-state index contributed by atoms with van der Waals surface area (Å²) in [6.45, 7) is 7.51. The number of pyridine rings is 1. The van der Waals surface area contributed by atoms with Gasteiger partial charge in [-0.25, -0.2) is 4.98 Å². The van der Waals surface area contributed by atoms with Crippen molar-refractivity contribution in [2.24, 2.45) is 5.92 Å². The van der Waals surface area contributed by atoms with Crippen LogP contribution in [-0.4, -0.2) is 30.1 Å². The lowest BCUT2D eigenvalue weighted by Gasteiger charge is -2.30. The van der Waals surface area contributed by atoms with Crippen LogP contribution in [0.4, 0.5) is 0 Å². The number of likely N-dealkylation sites (tertiary alicyclic amines) is 1. The molecule has 3 nitrogen and oxygen atoms in total. The van der Waals surface area contributed by atoms with Crippen LogP contribution in [0.3, 0.4) is 0 Å². The van der Waals surface area contributed by atoms with Crippen molar-refractivity contribution in [2.45, 2.75) is 33.2 Å². The number of benzene rings is 1. The first-order chi connectivity index (χ1) is 12.2. The average Bonchev–Trinajstić information content (AvgIpc) is 2.64. The predicted octanol–water partition coefficient (Wildman–Crippen LogP) is 4.63. The molecule has 2 aromatic rings. The van der Waals surface area contributed by atoms with E-state index in [2.05, 4.69) is 60.1 Å². The summed E-state index contributed by atoms with van der Waals surface area (Å²) in [7, 11) is 1.69. The molecule has 1 saturated heterocycles. The predicted molar refractivity (Wildman–Crippen MR) is 104 cm³/mol. The van der Waals surface area contributed by atoms with Crippen molar-refractivity contribution in [3.8, 4) is 5.88 Å². The molecule has 0 saturated carbocycles. The smallest absolute Gasteiger partial charge is 0.217 e. The number of aryl methyl sites for hydroxylation is 2. The van der Waals surface area contributed by atoms with Gasteiger partial charge in [0, 0.05) is 18.3 Å². The number of allylic oxidation sites excluding steroid dienone is 1. The van der Waals surface area contributed by atoms with Crippen LogP contribution in [0.15, 0.2) is 42.6 Å². The van der Waals surface area contributed by atoms with Crippen molar-refractivity contribution >= 4 is 6.08 Å². The fourth-order valence-electron chi connectivity index (χ4n) is 3.45.